The average molecular weight is 390 g/mol. The molecule has 3 atom stereocenters. The van der Waals surface area contributed by atoms with E-state index >= 15 is 0 Å². The van der Waals surface area contributed by atoms with Crippen molar-refractivity contribution in [3.63, 3.8) is 0 Å². The number of ether oxygens (including phenoxy) is 2. The van der Waals surface area contributed by atoms with Crippen LogP contribution in [0.25, 0.3) is 0 Å². The highest BCUT2D eigenvalue weighted by Gasteiger charge is 2.31. The molecule has 0 bridgehead atoms. The molecular weight excluding hydrogens is 360 g/mol. The maximum atomic E-state index is 12.8. The smallest absolute Gasteiger partial charge is 0.317 e. The topological polar surface area (TPSA) is 88.1 Å². The predicted octanol–water partition coefficient (Wildman–Crippen LogP) is 2.82. The first kappa shape index (κ1) is 20.6. The van der Waals surface area contributed by atoms with E-state index < -0.39 is 11.9 Å². The number of nitrogens with one attached hydrogen (secondary N) is 1. The van der Waals surface area contributed by atoms with Gasteiger partial charge >= 0.3 is 12.0 Å². The van der Waals surface area contributed by atoms with Crippen LogP contribution in [-0.4, -0.2) is 60.5 Å². The maximum absolute atomic E-state index is 12.8. The molecule has 7 nitrogen and oxygen atoms in total. The van der Waals surface area contributed by atoms with Gasteiger partial charge in [0.25, 0.3) is 0 Å². The molecule has 28 heavy (non-hydrogen) atoms. The molecule has 2 saturated heterocycles. The molecular formula is C21H30N2O5. The van der Waals surface area contributed by atoms with Crippen LogP contribution in [0, 0.1) is 5.92 Å². The van der Waals surface area contributed by atoms with E-state index in [-0.39, 0.29) is 30.8 Å². The van der Waals surface area contributed by atoms with Gasteiger partial charge in [-0.3, -0.25) is 4.79 Å². The fraction of sp³-hybridized carbons (Fsp3) is 0.619. The Labute approximate surface area is 166 Å². The van der Waals surface area contributed by atoms with E-state index in [1.807, 2.05) is 37.3 Å². The monoisotopic (exact) mass is 390 g/mol. The number of nitrogens with zero attached hydrogens (tertiary/aromatic N) is 1. The fourth-order valence-electron chi connectivity index (χ4n) is 3.87. The lowest BCUT2D eigenvalue weighted by molar-refractivity contribution is -0.143. The SMILES string of the molecule is CC(NC(=O)N1CCCC(C(=O)O)C1)C(OC1CCOCC1)c1ccccc1. The molecule has 3 unspecified atom stereocenters. The van der Waals surface area contributed by atoms with Crippen LogP contribution in [0.1, 0.15) is 44.3 Å². The Morgan fingerprint density at radius 1 is 1.21 bits per heavy atom. The van der Waals surface area contributed by atoms with Crippen molar-refractivity contribution in [2.24, 2.45) is 5.92 Å². The molecule has 0 aromatic heterocycles. The summed E-state index contributed by atoms with van der Waals surface area (Å²) in [6.45, 7) is 4.16. The number of carboxylic acid groups (broad SMARTS) is 1. The van der Waals surface area contributed by atoms with Crippen LogP contribution >= 0.6 is 0 Å². The van der Waals surface area contributed by atoms with E-state index in [0.29, 0.717) is 32.6 Å². The first-order valence-electron chi connectivity index (χ1n) is 10.1. The second-order valence-corrected chi connectivity index (χ2v) is 7.64. The molecule has 1 aromatic rings. The summed E-state index contributed by atoms with van der Waals surface area (Å²) in [7, 11) is 0. The maximum Gasteiger partial charge on any atom is 0.317 e. The fourth-order valence-corrected chi connectivity index (χ4v) is 3.87. The van der Waals surface area contributed by atoms with Gasteiger partial charge in [-0.05, 0) is 38.2 Å². The molecule has 1 aromatic carbocycles. The van der Waals surface area contributed by atoms with Crippen LogP contribution in [0.4, 0.5) is 4.79 Å². The Kier molecular flexibility index (Phi) is 7.28. The molecule has 2 aliphatic rings. The van der Waals surface area contributed by atoms with Crippen molar-refractivity contribution in [2.75, 3.05) is 26.3 Å². The van der Waals surface area contributed by atoms with E-state index in [9.17, 15) is 14.7 Å². The first-order chi connectivity index (χ1) is 13.5. The minimum atomic E-state index is -0.837. The van der Waals surface area contributed by atoms with Crippen LogP contribution in [0.2, 0.25) is 0 Å². The lowest BCUT2D eigenvalue weighted by Crippen LogP contribution is -2.50. The quantitative estimate of drug-likeness (QED) is 0.780. The third-order valence-electron chi connectivity index (χ3n) is 5.50. The van der Waals surface area contributed by atoms with E-state index in [2.05, 4.69) is 5.32 Å². The summed E-state index contributed by atoms with van der Waals surface area (Å²) in [6, 6.07) is 9.43. The standard InChI is InChI=1S/C21H30N2O5/c1-15(22-21(26)23-11-5-8-17(14-23)20(24)25)19(16-6-3-2-4-7-16)28-18-9-12-27-13-10-18/h2-4,6-7,15,17-19H,5,8-14H2,1H3,(H,22,26)(H,24,25). The highest BCUT2D eigenvalue weighted by atomic mass is 16.5. The summed E-state index contributed by atoms with van der Waals surface area (Å²) in [4.78, 5) is 25.6. The predicted molar refractivity (Wildman–Crippen MR) is 104 cm³/mol. The summed E-state index contributed by atoms with van der Waals surface area (Å²) in [5.74, 6) is -1.33. The van der Waals surface area contributed by atoms with Crippen molar-refractivity contribution in [2.45, 2.75) is 50.9 Å². The largest absolute Gasteiger partial charge is 0.481 e. The van der Waals surface area contributed by atoms with Gasteiger partial charge in [-0.25, -0.2) is 4.79 Å². The zero-order valence-corrected chi connectivity index (χ0v) is 16.4. The van der Waals surface area contributed by atoms with E-state index in [4.69, 9.17) is 9.47 Å². The van der Waals surface area contributed by atoms with Crippen LogP contribution in [-0.2, 0) is 14.3 Å². The number of likely N-dealkylation sites (tertiary alicyclic amines) is 1. The first-order valence-corrected chi connectivity index (χ1v) is 10.1. The van der Waals surface area contributed by atoms with Gasteiger partial charge in [0.2, 0.25) is 0 Å². The van der Waals surface area contributed by atoms with Crippen molar-refractivity contribution in [3.05, 3.63) is 35.9 Å². The molecule has 3 rings (SSSR count). The molecule has 0 saturated carbocycles. The Balaban J connectivity index is 1.65. The van der Waals surface area contributed by atoms with Gasteiger partial charge in [-0.1, -0.05) is 30.3 Å². The van der Waals surface area contributed by atoms with Gasteiger partial charge in [0, 0.05) is 26.3 Å². The number of amides is 2. The summed E-state index contributed by atoms with van der Waals surface area (Å²) in [6.07, 6.45) is 2.85. The second kappa shape index (κ2) is 9.89. The molecule has 2 heterocycles. The summed E-state index contributed by atoms with van der Waals surface area (Å²) >= 11 is 0. The van der Waals surface area contributed by atoms with Crippen LogP contribution in [0.3, 0.4) is 0 Å². The van der Waals surface area contributed by atoms with Gasteiger partial charge in [0.1, 0.15) is 6.10 Å². The average Bonchev–Trinajstić information content (AvgIpc) is 2.73. The molecule has 154 valence electrons. The molecule has 0 spiro atoms. The van der Waals surface area contributed by atoms with Crippen LogP contribution < -0.4 is 5.32 Å². The molecule has 7 heteroatoms. The normalized spacial score (nSPS) is 23.0. The van der Waals surface area contributed by atoms with Crippen molar-refractivity contribution >= 4 is 12.0 Å². The van der Waals surface area contributed by atoms with Crippen LogP contribution in [0.5, 0.6) is 0 Å². The summed E-state index contributed by atoms with van der Waals surface area (Å²) in [5, 5.41) is 12.3. The van der Waals surface area contributed by atoms with E-state index in [0.717, 1.165) is 18.4 Å². The number of piperidine rings is 1. The van der Waals surface area contributed by atoms with Crippen molar-refractivity contribution in [3.8, 4) is 0 Å². The number of urea groups is 1. The third kappa shape index (κ3) is 5.45. The molecule has 0 aliphatic carbocycles. The number of carboxylic acids is 1. The number of carbonyl (C=O) groups is 2. The number of carbonyl (C=O) groups excluding carboxylic acids is 1. The third-order valence-corrected chi connectivity index (χ3v) is 5.50. The molecule has 0 radical (unpaired) electrons. The van der Waals surface area contributed by atoms with Gasteiger partial charge in [-0.15, -0.1) is 0 Å². The Hall–Kier alpha value is -2.12. The van der Waals surface area contributed by atoms with Gasteiger partial charge in [-0.2, -0.15) is 0 Å². The highest BCUT2D eigenvalue weighted by Crippen LogP contribution is 2.27. The molecule has 2 N–H and O–H groups in total. The molecule has 2 aliphatic heterocycles. The highest BCUT2D eigenvalue weighted by molar-refractivity contribution is 5.76. The molecule has 2 amide bonds. The number of hydrogen-bond donors (Lipinski definition) is 2. The lowest BCUT2D eigenvalue weighted by atomic mass is 9.98. The number of aliphatic carboxylic acids is 1. The van der Waals surface area contributed by atoms with E-state index in [1.54, 1.807) is 4.90 Å². The van der Waals surface area contributed by atoms with Gasteiger partial charge in [0.15, 0.2) is 0 Å². The number of rotatable bonds is 6. The Bertz CT molecular complexity index is 647. The minimum absolute atomic E-state index is 0.102. The summed E-state index contributed by atoms with van der Waals surface area (Å²) < 4.78 is 11.8. The van der Waals surface area contributed by atoms with Crippen molar-refractivity contribution in [1.29, 1.82) is 0 Å². The Morgan fingerprint density at radius 2 is 1.93 bits per heavy atom. The number of benzene rings is 1. The lowest BCUT2D eigenvalue weighted by Gasteiger charge is -2.35. The van der Waals surface area contributed by atoms with Crippen molar-refractivity contribution in [1.82, 2.24) is 10.2 Å². The van der Waals surface area contributed by atoms with Gasteiger partial charge < -0.3 is 24.8 Å². The Morgan fingerprint density at radius 3 is 2.61 bits per heavy atom. The summed E-state index contributed by atoms with van der Waals surface area (Å²) in [5.41, 5.74) is 1.02. The van der Waals surface area contributed by atoms with E-state index in [1.165, 1.54) is 0 Å². The van der Waals surface area contributed by atoms with Crippen LogP contribution in [0.15, 0.2) is 30.3 Å². The zero-order valence-electron chi connectivity index (χ0n) is 16.4. The van der Waals surface area contributed by atoms with Crippen molar-refractivity contribution < 1.29 is 24.2 Å². The number of hydrogen-bond acceptors (Lipinski definition) is 4. The zero-order chi connectivity index (χ0) is 19.9. The molecule has 2 fully saturated rings. The second-order valence-electron chi connectivity index (χ2n) is 7.64. The minimum Gasteiger partial charge on any atom is -0.481 e. The van der Waals surface area contributed by atoms with Gasteiger partial charge in [0.05, 0.1) is 18.1 Å².